The van der Waals surface area contributed by atoms with Crippen LogP contribution in [0.3, 0.4) is 0 Å². The molecule has 0 bridgehead atoms. The molecule has 0 radical (unpaired) electrons. The molecule has 2 heterocycles. The summed E-state index contributed by atoms with van der Waals surface area (Å²) in [5.74, 6) is -0.452. The van der Waals surface area contributed by atoms with Crippen LogP contribution in [0.25, 0.3) is 0 Å². The normalized spacial score (nSPS) is 28.5. The molecule has 7 heteroatoms. The van der Waals surface area contributed by atoms with Gasteiger partial charge in [0.2, 0.25) is 0 Å². The van der Waals surface area contributed by atoms with E-state index in [1.54, 1.807) is 20.8 Å². The molecule has 0 N–H and O–H groups in total. The van der Waals surface area contributed by atoms with Crippen molar-refractivity contribution in [2.24, 2.45) is 0 Å². The predicted octanol–water partition coefficient (Wildman–Crippen LogP) is 2.08. The van der Waals surface area contributed by atoms with E-state index in [0.29, 0.717) is 19.6 Å². The van der Waals surface area contributed by atoms with Gasteiger partial charge in [0.25, 0.3) is 0 Å². The molecule has 3 unspecified atom stereocenters. The fourth-order valence-corrected chi connectivity index (χ4v) is 2.81. The Morgan fingerprint density at radius 3 is 2.52 bits per heavy atom. The summed E-state index contributed by atoms with van der Waals surface area (Å²) in [7, 11) is 1.31. The van der Waals surface area contributed by atoms with Crippen molar-refractivity contribution >= 4 is 12.1 Å². The average molecular weight is 329 g/mol. The number of methoxy groups -OCH3 is 1. The number of carbonyl (C=O) groups is 2. The molecular formula is C16H27NO6. The van der Waals surface area contributed by atoms with E-state index in [-0.39, 0.29) is 12.4 Å². The summed E-state index contributed by atoms with van der Waals surface area (Å²) in [6, 6.07) is -0.677. The topological polar surface area (TPSA) is 74.3 Å². The third-order valence-electron chi connectivity index (χ3n) is 3.85. The molecule has 0 aliphatic carbocycles. The molecule has 2 rings (SSSR count). The number of rotatable bonds is 3. The van der Waals surface area contributed by atoms with Crippen LogP contribution >= 0.6 is 0 Å². The van der Waals surface area contributed by atoms with Gasteiger partial charge in [-0.1, -0.05) is 0 Å². The summed E-state index contributed by atoms with van der Waals surface area (Å²) >= 11 is 0. The Hall–Kier alpha value is -1.34. The van der Waals surface area contributed by atoms with Gasteiger partial charge in [-0.3, -0.25) is 4.90 Å². The van der Waals surface area contributed by atoms with Gasteiger partial charge in [-0.05, 0) is 40.0 Å². The lowest BCUT2D eigenvalue weighted by atomic mass is 10.2. The molecule has 1 amide bonds. The zero-order valence-corrected chi connectivity index (χ0v) is 14.4. The van der Waals surface area contributed by atoms with Gasteiger partial charge >= 0.3 is 12.1 Å². The van der Waals surface area contributed by atoms with E-state index in [4.69, 9.17) is 18.9 Å². The van der Waals surface area contributed by atoms with Crippen LogP contribution in [0, 0.1) is 0 Å². The van der Waals surface area contributed by atoms with Crippen LogP contribution in [-0.2, 0) is 23.7 Å². The number of hydrogen-bond donors (Lipinski definition) is 0. The third kappa shape index (κ3) is 5.07. The maximum atomic E-state index is 12.3. The molecule has 0 aromatic carbocycles. The van der Waals surface area contributed by atoms with Crippen LogP contribution < -0.4 is 0 Å². The summed E-state index contributed by atoms with van der Waals surface area (Å²) in [5.41, 5.74) is -0.622. The number of amides is 1. The maximum Gasteiger partial charge on any atom is 0.411 e. The van der Waals surface area contributed by atoms with E-state index in [0.717, 1.165) is 19.3 Å². The van der Waals surface area contributed by atoms with Gasteiger partial charge in [0.15, 0.2) is 6.29 Å². The van der Waals surface area contributed by atoms with Crippen LogP contribution in [0.5, 0.6) is 0 Å². The Balaban J connectivity index is 2.00. The van der Waals surface area contributed by atoms with E-state index < -0.39 is 23.7 Å². The smallest absolute Gasteiger partial charge is 0.411 e. The van der Waals surface area contributed by atoms with Gasteiger partial charge in [0.05, 0.1) is 19.8 Å². The van der Waals surface area contributed by atoms with Crippen LogP contribution in [0.4, 0.5) is 4.79 Å². The quantitative estimate of drug-likeness (QED) is 0.738. The second kappa shape index (κ2) is 7.49. The molecule has 3 atom stereocenters. The van der Waals surface area contributed by atoms with Crippen molar-refractivity contribution in [3.63, 3.8) is 0 Å². The Morgan fingerprint density at radius 2 is 1.96 bits per heavy atom. The summed E-state index contributed by atoms with van der Waals surface area (Å²) in [4.78, 5) is 25.7. The molecule has 2 saturated heterocycles. The Labute approximate surface area is 137 Å². The van der Waals surface area contributed by atoms with Crippen molar-refractivity contribution in [2.75, 3.05) is 20.3 Å². The standard InChI is InChI=1S/C16H27NO6/c1-16(2,3)23-15(19)17-10-11(9-12(17)14(18)20-4)22-13-7-5-6-8-21-13/h11-13H,5-10H2,1-4H3. The van der Waals surface area contributed by atoms with Gasteiger partial charge in [-0.25, -0.2) is 9.59 Å². The molecule has 0 aromatic heterocycles. The minimum Gasteiger partial charge on any atom is -0.467 e. The Bertz CT molecular complexity index is 427. The maximum absolute atomic E-state index is 12.3. The molecule has 0 aromatic rings. The minimum atomic E-state index is -0.677. The summed E-state index contributed by atoms with van der Waals surface area (Å²) in [6.45, 7) is 6.36. The first-order chi connectivity index (χ1) is 10.8. The number of ether oxygens (including phenoxy) is 4. The molecular weight excluding hydrogens is 302 g/mol. The number of carbonyl (C=O) groups excluding carboxylic acids is 2. The lowest BCUT2D eigenvalue weighted by Crippen LogP contribution is -2.44. The second-order valence-corrected chi connectivity index (χ2v) is 6.96. The lowest BCUT2D eigenvalue weighted by molar-refractivity contribution is -0.185. The number of hydrogen-bond acceptors (Lipinski definition) is 6. The van der Waals surface area contributed by atoms with E-state index in [1.165, 1.54) is 12.0 Å². The van der Waals surface area contributed by atoms with Crippen molar-refractivity contribution in [3.8, 4) is 0 Å². The molecule has 132 valence electrons. The van der Waals surface area contributed by atoms with Crippen LogP contribution in [0.15, 0.2) is 0 Å². The van der Waals surface area contributed by atoms with E-state index in [1.807, 2.05) is 0 Å². The van der Waals surface area contributed by atoms with Crippen LogP contribution in [-0.4, -0.2) is 61.3 Å². The first-order valence-electron chi connectivity index (χ1n) is 8.14. The predicted molar refractivity (Wildman–Crippen MR) is 81.8 cm³/mol. The van der Waals surface area contributed by atoms with Crippen molar-refractivity contribution in [2.45, 2.75) is 70.5 Å². The third-order valence-corrected chi connectivity index (χ3v) is 3.85. The fraction of sp³-hybridized carbons (Fsp3) is 0.875. The highest BCUT2D eigenvalue weighted by atomic mass is 16.7. The van der Waals surface area contributed by atoms with Gasteiger partial charge in [0.1, 0.15) is 11.6 Å². The average Bonchev–Trinajstić information content (AvgIpc) is 2.90. The monoisotopic (exact) mass is 329 g/mol. The highest BCUT2D eigenvalue weighted by Gasteiger charge is 2.43. The minimum absolute atomic E-state index is 0.255. The zero-order chi connectivity index (χ0) is 17.0. The summed E-state index contributed by atoms with van der Waals surface area (Å²) in [5, 5.41) is 0. The lowest BCUT2D eigenvalue weighted by Gasteiger charge is -2.27. The van der Waals surface area contributed by atoms with Crippen LogP contribution in [0.1, 0.15) is 46.5 Å². The Kier molecular flexibility index (Phi) is 5.86. The van der Waals surface area contributed by atoms with E-state index in [2.05, 4.69) is 0 Å². The van der Waals surface area contributed by atoms with Crippen molar-refractivity contribution in [1.82, 2.24) is 4.90 Å². The first kappa shape index (κ1) is 18.0. The fourth-order valence-electron chi connectivity index (χ4n) is 2.81. The molecule has 0 spiro atoms. The summed E-state index contributed by atoms with van der Waals surface area (Å²) in [6.07, 6.45) is 2.30. The number of likely N-dealkylation sites (tertiary alicyclic amines) is 1. The Morgan fingerprint density at radius 1 is 1.22 bits per heavy atom. The number of esters is 1. The highest BCUT2D eigenvalue weighted by molar-refractivity contribution is 5.82. The summed E-state index contributed by atoms with van der Waals surface area (Å²) < 4.78 is 21.7. The molecule has 2 fully saturated rings. The van der Waals surface area contributed by atoms with Gasteiger partial charge in [-0.2, -0.15) is 0 Å². The van der Waals surface area contributed by atoms with Crippen molar-refractivity contribution in [1.29, 1.82) is 0 Å². The van der Waals surface area contributed by atoms with E-state index >= 15 is 0 Å². The van der Waals surface area contributed by atoms with Crippen molar-refractivity contribution < 1.29 is 28.5 Å². The number of nitrogens with zero attached hydrogens (tertiary/aromatic N) is 1. The van der Waals surface area contributed by atoms with Crippen molar-refractivity contribution in [3.05, 3.63) is 0 Å². The molecule has 23 heavy (non-hydrogen) atoms. The zero-order valence-electron chi connectivity index (χ0n) is 14.4. The molecule has 7 nitrogen and oxygen atoms in total. The van der Waals surface area contributed by atoms with Crippen LogP contribution in [0.2, 0.25) is 0 Å². The highest BCUT2D eigenvalue weighted by Crippen LogP contribution is 2.26. The largest absolute Gasteiger partial charge is 0.467 e. The van der Waals surface area contributed by atoms with Gasteiger partial charge < -0.3 is 18.9 Å². The SMILES string of the molecule is COC(=O)C1CC(OC2CCCCO2)CN1C(=O)OC(C)(C)C. The molecule has 2 aliphatic heterocycles. The van der Waals surface area contributed by atoms with Gasteiger partial charge in [0, 0.05) is 13.0 Å². The van der Waals surface area contributed by atoms with Gasteiger partial charge in [-0.15, -0.1) is 0 Å². The molecule has 2 aliphatic rings. The molecule has 0 saturated carbocycles. The second-order valence-electron chi connectivity index (χ2n) is 6.96. The first-order valence-corrected chi connectivity index (χ1v) is 8.14. The van der Waals surface area contributed by atoms with E-state index in [9.17, 15) is 9.59 Å².